The third-order valence-corrected chi connectivity index (χ3v) is 7.82. The molecule has 1 saturated heterocycles. The average molecular weight is 488 g/mol. The maximum absolute atomic E-state index is 12.6. The summed E-state index contributed by atoms with van der Waals surface area (Å²) < 4.78 is 30.8. The number of carbonyl (C=O) groups is 2. The van der Waals surface area contributed by atoms with Crippen LogP contribution < -0.4 is 0 Å². The van der Waals surface area contributed by atoms with Crippen LogP contribution in [0.5, 0.6) is 0 Å². The van der Waals surface area contributed by atoms with Crippen molar-refractivity contribution in [2.24, 2.45) is 17.8 Å². The summed E-state index contributed by atoms with van der Waals surface area (Å²) in [5.41, 5.74) is 0. The zero-order valence-corrected chi connectivity index (χ0v) is 22.2. The number of hydrogen-bond acceptors (Lipinski definition) is 4. The topological polar surface area (TPSA) is 91.8 Å². The second-order valence-electron chi connectivity index (χ2n) is 10.2. The summed E-state index contributed by atoms with van der Waals surface area (Å²) in [6, 6.07) is 0. The van der Waals surface area contributed by atoms with Crippen LogP contribution in [0.25, 0.3) is 0 Å². The van der Waals surface area contributed by atoms with Crippen LogP contribution in [0, 0.1) is 17.8 Å². The van der Waals surface area contributed by atoms with Gasteiger partial charge in [-0.3, -0.25) is 19.0 Å². The van der Waals surface area contributed by atoms with E-state index in [4.69, 9.17) is 4.55 Å². The van der Waals surface area contributed by atoms with E-state index >= 15 is 0 Å². The molecule has 0 aromatic rings. The van der Waals surface area contributed by atoms with Gasteiger partial charge in [0.1, 0.15) is 0 Å². The molecule has 1 aliphatic rings. The summed E-state index contributed by atoms with van der Waals surface area (Å²) >= 11 is 0. The molecule has 1 fully saturated rings. The molecule has 0 radical (unpaired) electrons. The van der Waals surface area contributed by atoms with Crippen molar-refractivity contribution in [2.75, 3.05) is 12.3 Å². The highest BCUT2D eigenvalue weighted by Crippen LogP contribution is 2.32. The number of carbonyl (C=O) groups excluding carboxylic acids is 2. The molecule has 0 aromatic heterocycles. The van der Waals surface area contributed by atoms with Gasteiger partial charge in [-0.1, -0.05) is 117 Å². The van der Waals surface area contributed by atoms with Gasteiger partial charge in [0, 0.05) is 12.5 Å². The zero-order valence-electron chi connectivity index (χ0n) is 21.4. The third kappa shape index (κ3) is 12.9. The van der Waals surface area contributed by atoms with E-state index in [2.05, 4.69) is 13.8 Å². The van der Waals surface area contributed by atoms with Gasteiger partial charge >= 0.3 is 0 Å². The van der Waals surface area contributed by atoms with Gasteiger partial charge in [0.2, 0.25) is 11.8 Å². The van der Waals surface area contributed by atoms with E-state index < -0.39 is 21.8 Å². The zero-order chi connectivity index (χ0) is 24.7. The molecule has 194 valence electrons. The predicted molar refractivity (Wildman–Crippen MR) is 134 cm³/mol. The van der Waals surface area contributed by atoms with Crippen LogP contribution in [0.15, 0.2) is 0 Å². The van der Waals surface area contributed by atoms with Crippen LogP contribution in [0.1, 0.15) is 124 Å². The Morgan fingerprint density at radius 1 is 0.818 bits per heavy atom. The fraction of sp³-hybridized carbons (Fsp3) is 0.923. The molecule has 1 aliphatic heterocycles. The van der Waals surface area contributed by atoms with Gasteiger partial charge < -0.3 is 0 Å². The van der Waals surface area contributed by atoms with Crippen LogP contribution in [0.2, 0.25) is 0 Å². The molecule has 1 N–H and O–H groups in total. The van der Waals surface area contributed by atoms with Crippen molar-refractivity contribution in [3.63, 3.8) is 0 Å². The van der Waals surface area contributed by atoms with E-state index in [0.29, 0.717) is 12.3 Å². The smallest absolute Gasteiger partial charge is 0.266 e. The van der Waals surface area contributed by atoms with E-state index in [0.717, 1.165) is 17.7 Å². The van der Waals surface area contributed by atoms with Gasteiger partial charge in [-0.25, -0.2) is 0 Å². The van der Waals surface area contributed by atoms with Crippen molar-refractivity contribution in [1.82, 2.24) is 4.90 Å². The summed E-state index contributed by atoms with van der Waals surface area (Å²) in [5.74, 6) is -1.65. The summed E-state index contributed by atoms with van der Waals surface area (Å²) in [4.78, 5) is 26.0. The summed E-state index contributed by atoms with van der Waals surface area (Å²) in [5, 5.41) is 0. The third-order valence-electron chi connectivity index (χ3n) is 7.12. The number of likely N-dealkylation sites (tertiary alicyclic amines) is 1. The van der Waals surface area contributed by atoms with Gasteiger partial charge in [0.25, 0.3) is 10.1 Å². The Kier molecular flexibility index (Phi) is 15.2. The van der Waals surface area contributed by atoms with Crippen molar-refractivity contribution in [3.05, 3.63) is 0 Å². The van der Waals surface area contributed by atoms with E-state index in [1.165, 1.54) is 83.5 Å². The van der Waals surface area contributed by atoms with E-state index in [-0.39, 0.29) is 24.3 Å². The first-order valence-electron chi connectivity index (χ1n) is 13.5. The number of imide groups is 1. The number of rotatable bonds is 20. The molecule has 1 rings (SSSR count). The SMILES string of the molecule is CCCCCCCCCCCCCCCCC(C)CC1C(=O)N(CCS(=O)(=O)O)C(=O)C1C. The van der Waals surface area contributed by atoms with Gasteiger partial charge in [0.15, 0.2) is 0 Å². The lowest BCUT2D eigenvalue weighted by molar-refractivity contribution is -0.139. The van der Waals surface area contributed by atoms with E-state index in [1.54, 1.807) is 6.92 Å². The van der Waals surface area contributed by atoms with Gasteiger partial charge in [0.05, 0.1) is 11.7 Å². The number of hydrogen-bond donors (Lipinski definition) is 1. The maximum atomic E-state index is 12.6. The lowest BCUT2D eigenvalue weighted by atomic mass is 9.85. The van der Waals surface area contributed by atoms with Gasteiger partial charge in [-0.05, 0) is 12.3 Å². The molecule has 2 amide bonds. The molecule has 3 atom stereocenters. The van der Waals surface area contributed by atoms with Gasteiger partial charge in [-0.15, -0.1) is 0 Å². The average Bonchev–Trinajstić information content (AvgIpc) is 2.95. The Labute approximate surface area is 203 Å². The quantitative estimate of drug-likeness (QED) is 0.122. The summed E-state index contributed by atoms with van der Waals surface area (Å²) in [6.45, 7) is 5.88. The Balaban J connectivity index is 2.09. The van der Waals surface area contributed by atoms with E-state index in [1.807, 2.05) is 0 Å². The molecule has 0 aromatic carbocycles. The summed E-state index contributed by atoms with van der Waals surface area (Å²) in [6.07, 6.45) is 20.4. The fourth-order valence-corrected chi connectivity index (χ4v) is 5.32. The van der Waals surface area contributed by atoms with Crippen molar-refractivity contribution in [2.45, 2.75) is 124 Å². The van der Waals surface area contributed by atoms with Crippen molar-refractivity contribution in [3.8, 4) is 0 Å². The highest BCUT2D eigenvalue weighted by atomic mass is 32.2. The van der Waals surface area contributed by atoms with Crippen LogP contribution in [0.4, 0.5) is 0 Å². The van der Waals surface area contributed by atoms with E-state index in [9.17, 15) is 18.0 Å². The van der Waals surface area contributed by atoms with Crippen LogP contribution >= 0.6 is 0 Å². The monoisotopic (exact) mass is 487 g/mol. The Bertz CT molecular complexity index is 664. The highest BCUT2D eigenvalue weighted by Gasteiger charge is 2.45. The standard InChI is InChI=1S/C26H49NO5S/c1-4-5-6-7-8-9-10-11-12-13-14-15-16-17-18-22(2)21-24-23(3)25(28)27(26(24)29)19-20-33(30,31)32/h22-24H,4-21H2,1-3H3,(H,30,31,32). The normalized spacial score (nSPS) is 20.1. The van der Waals surface area contributed by atoms with Crippen LogP contribution in [-0.2, 0) is 19.7 Å². The first kappa shape index (κ1) is 30.1. The molecule has 0 spiro atoms. The Hall–Kier alpha value is -0.950. The minimum atomic E-state index is -4.19. The van der Waals surface area contributed by atoms with Crippen LogP contribution in [-0.4, -0.2) is 42.0 Å². The predicted octanol–water partition coefficient (Wildman–Crippen LogP) is 6.39. The molecule has 6 nitrogen and oxygen atoms in total. The number of nitrogens with zero attached hydrogens (tertiary/aromatic N) is 1. The molecule has 3 unspecified atom stereocenters. The molecule has 7 heteroatoms. The molecule has 0 saturated carbocycles. The molecule has 0 bridgehead atoms. The van der Waals surface area contributed by atoms with Crippen molar-refractivity contribution in [1.29, 1.82) is 0 Å². The van der Waals surface area contributed by atoms with Crippen molar-refractivity contribution < 1.29 is 22.6 Å². The first-order valence-corrected chi connectivity index (χ1v) is 15.1. The number of amides is 2. The minimum absolute atomic E-state index is 0.259. The highest BCUT2D eigenvalue weighted by molar-refractivity contribution is 7.85. The van der Waals surface area contributed by atoms with Crippen molar-refractivity contribution >= 4 is 21.9 Å². The number of unbranched alkanes of at least 4 members (excludes halogenated alkanes) is 13. The lowest BCUT2D eigenvalue weighted by Crippen LogP contribution is -2.35. The minimum Gasteiger partial charge on any atom is -0.285 e. The Morgan fingerprint density at radius 3 is 1.73 bits per heavy atom. The first-order chi connectivity index (χ1) is 15.7. The maximum Gasteiger partial charge on any atom is 0.266 e. The Morgan fingerprint density at radius 2 is 1.27 bits per heavy atom. The molecular formula is C26H49NO5S. The van der Waals surface area contributed by atoms with Gasteiger partial charge in [-0.2, -0.15) is 8.42 Å². The molecular weight excluding hydrogens is 438 g/mol. The molecule has 1 heterocycles. The molecule has 33 heavy (non-hydrogen) atoms. The lowest BCUT2D eigenvalue weighted by Gasteiger charge is -2.17. The summed E-state index contributed by atoms with van der Waals surface area (Å²) in [7, 11) is -4.19. The second-order valence-corrected chi connectivity index (χ2v) is 11.8. The largest absolute Gasteiger partial charge is 0.285 e. The fourth-order valence-electron chi connectivity index (χ4n) is 4.91. The molecule has 0 aliphatic carbocycles. The second kappa shape index (κ2) is 16.6. The van der Waals surface area contributed by atoms with Crippen LogP contribution in [0.3, 0.4) is 0 Å².